The molecule has 0 aliphatic carbocycles. The van der Waals surface area contributed by atoms with Gasteiger partial charge in [0.2, 0.25) is 5.79 Å². The van der Waals surface area contributed by atoms with Gasteiger partial charge in [0.05, 0.1) is 6.61 Å². The lowest BCUT2D eigenvalue weighted by molar-refractivity contribution is -0.135. The van der Waals surface area contributed by atoms with Crippen LogP contribution in [0.3, 0.4) is 0 Å². The molecule has 2 aliphatic rings. The van der Waals surface area contributed by atoms with E-state index in [0.29, 0.717) is 0 Å². The Hall–Kier alpha value is -1.20. The molecule has 15 heavy (non-hydrogen) atoms. The van der Waals surface area contributed by atoms with Crippen molar-refractivity contribution in [2.24, 2.45) is 0 Å². The maximum atomic E-state index is 5.72. The molecule has 1 saturated heterocycles. The summed E-state index contributed by atoms with van der Waals surface area (Å²) in [5, 5.41) is 0. The van der Waals surface area contributed by atoms with Crippen molar-refractivity contribution in [2.45, 2.75) is 38.4 Å². The van der Waals surface area contributed by atoms with Crippen molar-refractivity contribution in [2.75, 3.05) is 6.61 Å². The van der Waals surface area contributed by atoms with Crippen LogP contribution in [0.4, 0.5) is 0 Å². The fourth-order valence-corrected chi connectivity index (χ4v) is 1.72. The van der Waals surface area contributed by atoms with Crippen LogP contribution in [0.25, 0.3) is 0 Å². The van der Waals surface area contributed by atoms with Gasteiger partial charge in [0.1, 0.15) is 5.76 Å². The van der Waals surface area contributed by atoms with Crippen molar-refractivity contribution < 1.29 is 9.47 Å². The SMILES string of the molecule is CCCC#CC=C1C=CC2(CCCO2)O1. The number of allylic oxidation sites excluding steroid dienone is 2. The molecule has 80 valence electrons. The molecule has 1 fully saturated rings. The fourth-order valence-electron chi connectivity index (χ4n) is 1.72. The third kappa shape index (κ3) is 2.43. The van der Waals surface area contributed by atoms with Gasteiger partial charge in [-0.1, -0.05) is 18.8 Å². The Morgan fingerprint density at radius 2 is 2.53 bits per heavy atom. The van der Waals surface area contributed by atoms with Crippen molar-refractivity contribution in [3.8, 4) is 11.8 Å². The Balaban J connectivity index is 1.94. The Morgan fingerprint density at radius 3 is 3.27 bits per heavy atom. The summed E-state index contributed by atoms with van der Waals surface area (Å²) in [5.74, 6) is 6.41. The highest BCUT2D eigenvalue weighted by molar-refractivity contribution is 5.30. The normalized spacial score (nSPS) is 30.6. The number of unbranched alkanes of at least 4 members (excludes halogenated alkanes) is 1. The molecule has 0 aromatic carbocycles. The number of ether oxygens (including phenoxy) is 2. The molecule has 0 aromatic heterocycles. The van der Waals surface area contributed by atoms with Crippen LogP contribution in [0, 0.1) is 11.8 Å². The quantitative estimate of drug-likeness (QED) is 0.611. The Morgan fingerprint density at radius 1 is 1.60 bits per heavy atom. The second-order valence-electron chi connectivity index (χ2n) is 3.82. The van der Waals surface area contributed by atoms with Crippen LogP contribution in [0.1, 0.15) is 32.6 Å². The summed E-state index contributed by atoms with van der Waals surface area (Å²) in [6.07, 6.45) is 9.82. The molecule has 2 heteroatoms. The first-order valence-electron chi connectivity index (χ1n) is 5.55. The third-order valence-corrected chi connectivity index (χ3v) is 2.50. The van der Waals surface area contributed by atoms with Gasteiger partial charge in [-0.25, -0.2) is 0 Å². The third-order valence-electron chi connectivity index (χ3n) is 2.50. The lowest BCUT2D eigenvalue weighted by atomic mass is 10.2. The molecule has 2 nitrogen and oxygen atoms in total. The van der Waals surface area contributed by atoms with Gasteiger partial charge >= 0.3 is 0 Å². The molecule has 0 saturated carbocycles. The summed E-state index contributed by atoms with van der Waals surface area (Å²) in [4.78, 5) is 0. The van der Waals surface area contributed by atoms with E-state index in [1.54, 1.807) is 0 Å². The number of rotatable bonds is 1. The van der Waals surface area contributed by atoms with Crippen LogP contribution in [0.15, 0.2) is 24.0 Å². The maximum Gasteiger partial charge on any atom is 0.230 e. The largest absolute Gasteiger partial charge is 0.458 e. The fraction of sp³-hybridized carbons (Fsp3) is 0.538. The zero-order chi connectivity index (χ0) is 10.6. The molecule has 1 spiro atoms. The van der Waals surface area contributed by atoms with E-state index in [-0.39, 0.29) is 0 Å². The van der Waals surface area contributed by atoms with Gasteiger partial charge in [-0.2, -0.15) is 0 Å². The summed E-state index contributed by atoms with van der Waals surface area (Å²) in [6, 6.07) is 0. The van der Waals surface area contributed by atoms with E-state index in [9.17, 15) is 0 Å². The van der Waals surface area contributed by atoms with Gasteiger partial charge < -0.3 is 9.47 Å². The van der Waals surface area contributed by atoms with E-state index < -0.39 is 5.79 Å². The van der Waals surface area contributed by atoms with E-state index in [4.69, 9.17) is 9.47 Å². The number of hydrogen-bond donors (Lipinski definition) is 0. The van der Waals surface area contributed by atoms with Crippen LogP contribution in [0.5, 0.6) is 0 Å². The van der Waals surface area contributed by atoms with E-state index in [0.717, 1.165) is 38.0 Å². The molecule has 1 unspecified atom stereocenters. The molecular weight excluding hydrogens is 188 g/mol. The van der Waals surface area contributed by atoms with Crippen molar-refractivity contribution in [3.63, 3.8) is 0 Å². The first-order chi connectivity index (χ1) is 7.35. The highest BCUT2D eigenvalue weighted by Crippen LogP contribution is 2.35. The lowest BCUT2D eigenvalue weighted by Crippen LogP contribution is -2.24. The van der Waals surface area contributed by atoms with Crippen molar-refractivity contribution in [1.82, 2.24) is 0 Å². The Kier molecular flexibility index (Phi) is 3.13. The minimum atomic E-state index is -0.460. The number of hydrogen-bond acceptors (Lipinski definition) is 2. The Labute approximate surface area is 91.0 Å². The van der Waals surface area contributed by atoms with Gasteiger partial charge in [-0.05, 0) is 25.0 Å². The molecular formula is C13H16O2. The standard InChI is InChI=1S/C13H16O2/c1-2-3-4-5-7-12-8-10-13(15-12)9-6-11-14-13/h7-8,10H,2-3,6,9,11H2,1H3. The topological polar surface area (TPSA) is 18.5 Å². The molecule has 1 atom stereocenters. The van der Waals surface area contributed by atoms with Gasteiger partial charge in [0.15, 0.2) is 0 Å². The summed E-state index contributed by atoms with van der Waals surface area (Å²) >= 11 is 0. The molecule has 2 rings (SSSR count). The van der Waals surface area contributed by atoms with E-state index >= 15 is 0 Å². The Bertz CT molecular complexity index is 335. The van der Waals surface area contributed by atoms with Crippen LogP contribution in [0.2, 0.25) is 0 Å². The van der Waals surface area contributed by atoms with E-state index in [2.05, 4.69) is 18.8 Å². The summed E-state index contributed by atoms with van der Waals surface area (Å²) < 4.78 is 11.3. The monoisotopic (exact) mass is 204 g/mol. The second kappa shape index (κ2) is 4.55. The zero-order valence-corrected chi connectivity index (χ0v) is 9.08. The minimum absolute atomic E-state index is 0.460. The van der Waals surface area contributed by atoms with E-state index in [1.165, 1.54) is 0 Å². The van der Waals surface area contributed by atoms with Crippen LogP contribution >= 0.6 is 0 Å². The van der Waals surface area contributed by atoms with Crippen LogP contribution < -0.4 is 0 Å². The summed E-state index contributed by atoms with van der Waals surface area (Å²) in [6.45, 7) is 2.91. The molecule has 0 radical (unpaired) electrons. The average molecular weight is 204 g/mol. The van der Waals surface area contributed by atoms with Gasteiger partial charge in [0, 0.05) is 18.9 Å². The predicted molar refractivity (Wildman–Crippen MR) is 58.9 cm³/mol. The minimum Gasteiger partial charge on any atom is -0.458 e. The molecule has 0 bridgehead atoms. The molecule has 0 N–H and O–H groups in total. The van der Waals surface area contributed by atoms with E-state index in [1.807, 2.05) is 18.2 Å². The smallest absolute Gasteiger partial charge is 0.230 e. The van der Waals surface area contributed by atoms with Crippen LogP contribution in [-0.4, -0.2) is 12.4 Å². The molecule has 2 heterocycles. The first-order valence-corrected chi connectivity index (χ1v) is 5.55. The van der Waals surface area contributed by atoms with Gasteiger partial charge in [0.25, 0.3) is 0 Å². The van der Waals surface area contributed by atoms with Gasteiger partial charge in [-0.15, -0.1) is 0 Å². The maximum absolute atomic E-state index is 5.72. The van der Waals surface area contributed by atoms with Crippen LogP contribution in [-0.2, 0) is 9.47 Å². The van der Waals surface area contributed by atoms with Crippen molar-refractivity contribution in [3.05, 3.63) is 24.0 Å². The molecule has 0 amide bonds. The summed E-state index contributed by atoms with van der Waals surface area (Å²) in [7, 11) is 0. The van der Waals surface area contributed by atoms with Crippen molar-refractivity contribution >= 4 is 0 Å². The zero-order valence-electron chi connectivity index (χ0n) is 9.08. The summed E-state index contributed by atoms with van der Waals surface area (Å²) in [5.41, 5.74) is 0. The lowest BCUT2D eigenvalue weighted by Gasteiger charge is -2.20. The van der Waals surface area contributed by atoms with Gasteiger partial charge in [-0.3, -0.25) is 0 Å². The first kappa shape index (κ1) is 10.3. The predicted octanol–water partition coefficient (Wildman–Crippen LogP) is 2.77. The highest BCUT2D eigenvalue weighted by atomic mass is 16.7. The molecule has 2 aliphatic heterocycles. The second-order valence-corrected chi connectivity index (χ2v) is 3.82. The van der Waals surface area contributed by atoms with Crippen molar-refractivity contribution in [1.29, 1.82) is 0 Å². The molecule has 0 aromatic rings. The average Bonchev–Trinajstić information content (AvgIpc) is 2.85. The highest BCUT2D eigenvalue weighted by Gasteiger charge is 2.38.